The average Bonchev–Trinajstić information content (AvgIpc) is 2.37. The number of anilines is 1. The zero-order chi connectivity index (χ0) is 7.40. The highest BCUT2D eigenvalue weighted by Gasteiger charge is 2.01. The highest BCUT2D eigenvalue weighted by Crippen LogP contribution is 2.04. The van der Waals surface area contributed by atoms with Crippen molar-refractivity contribution in [2.45, 2.75) is 6.42 Å². The van der Waals surface area contributed by atoms with Gasteiger partial charge in [0.05, 0.1) is 0 Å². The van der Waals surface area contributed by atoms with Crippen LogP contribution in [-0.4, -0.2) is 23.1 Å². The van der Waals surface area contributed by atoms with Crippen molar-refractivity contribution in [3.05, 3.63) is 5.89 Å². The molecular formula is C5H8ClN3O. The van der Waals surface area contributed by atoms with Gasteiger partial charge in [-0.25, -0.2) is 0 Å². The lowest BCUT2D eigenvalue weighted by Crippen LogP contribution is -1.85. The lowest BCUT2D eigenvalue weighted by atomic mass is 10.5. The summed E-state index contributed by atoms with van der Waals surface area (Å²) in [6, 6.07) is 0.431. The molecule has 0 bridgehead atoms. The number of aromatic nitrogens is 2. The molecule has 0 aliphatic heterocycles. The van der Waals surface area contributed by atoms with Crippen molar-refractivity contribution < 1.29 is 4.42 Å². The number of nitrogens with zero attached hydrogens (tertiary/aromatic N) is 2. The highest BCUT2D eigenvalue weighted by molar-refractivity contribution is 6.17. The molecule has 0 saturated carbocycles. The Morgan fingerprint density at radius 2 is 2.40 bits per heavy atom. The molecule has 1 N–H and O–H groups in total. The summed E-state index contributed by atoms with van der Waals surface area (Å²) in [6.45, 7) is 0. The van der Waals surface area contributed by atoms with Crippen LogP contribution in [0, 0.1) is 0 Å². The number of rotatable bonds is 3. The third kappa shape index (κ3) is 1.60. The van der Waals surface area contributed by atoms with E-state index >= 15 is 0 Å². The molecule has 4 nitrogen and oxygen atoms in total. The summed E-state index contributed by atoms with van der Waals surface area (Å²) in [6.07, 6.45) is 0.621. The van der Waals surface area contributed by atoms with E-state index in [1.165, 1.54) is 0 Å². The smallest absolute Gasteiger partial charge is 0.315 e. The van der Waals surface area contributed by atoms with Crippen LogP contribution in [0.15, 0.2) is 4.42 Å². The molecular weight excluding hydrogens is 154 g/mol. The third-order valence-electron chi connectivity index (χ3n) is 0.989. The van der Waals surface area contributed by atoms with Gasteiger partial charge in [0, 0.05) is 19.3 Å². The predicted octanol–water partition coefficient (Wildman–Crippen LogP) is 0.893. The fourth-order valence-electron chi connectivity index (χ4n) is 0.536. The van der Waals surface area contributed by atoms with Crippen molar-refractivity contribution in [2.75, 3.05) is 18.2 Å². The molecule has 0 radical (unpaired) electrons. The summed E-state index contributed by atoms with van der Waals surface area (Å²) in [4.78, 5) is 0. The zero-order valence-electron chi connectivity index (χ0n) is 5.59. The zero-order valence-corrected chi connectivity index (χ0v) is 6.35. The maximum Gasteiger partial charge on any atom is 0.315 e. The minimum absolute atomic E-state index is 0.431. The largest absolute Gasteiger partial charge is 0.408 e. The summed E-state index contributed by atoms with van der Waals surface area (Å²) < 4.78 is 5.06. The Kier molecular flexibility index (Phi) is 2.50. The van der Waals surface area contributed by atoms with E-state index in [0.717, 1.165) is 0 Å². The molecule has 0 aliphatic carbocycles. The van der Waals surface area contributed by atoms with E-state index < -0.39 is 0 Å². The predicted molar refractivity (Wildman–Crippen MR) is 38.3 cm³/mol. The summed E-state index contributed by atoms with van der Waals surface area (Å²) >= 11 is 5.44. The first-order valence-electron chi connectivity index (χ1n) is 2.93. The lowest BCUT2D eigenvalue weighted by molar-refractivity contribution is 0.515. The third-order valence-corrected chi connectivity index (χ3v) is 1.18. The van der Waals surface area contributed by atoms with Gasteiger partial charge in [-0.1, -0.05) is 5.10 Å². The average molecular weight is 162 g/mol. The highest BCUT2D eigenvalue weighted by atomic mass is 35.5. The van der Waals surface area contributed by atoms with Crippen LogP contribution in [0.3, 0.4) is 0 Å². The van der Waals surface area contributed by atoms with E-state index in [4.69, 9.17) is 16.0 Å². The fourth-order valence-corrected chi connectivity index (χ4v) is 0.698. The number of hydrogen-bond donors (Lipinski definition) is 1. The molecule has 0 spiro atoms. The van der Waals surface area contributed by atoms with Gasteiger partial charge in [0.1, 0.15) is 0 Å². The van der Waals surface area contributed by atoms with Crippen molar-refractivity contribution in [1.29, 1.82) is 0 Å². The van der Waals surface area contributed by atoms with E-state index in [0.29, 0.717) is 24.2 Å². The molecule has 0 fully saturated rings. The summed E-state index contributed by atoms with van der Waals surface area (Å²) in [5.74, 6) is 1.07. The van der Waals surface area contributed by atoms with Gasteiger partial charge in [0.15, 0.2) is 0 Å². The van der Waals surface area contributed by atoms with Gasteiger partial charge in [-0.15, -0.1) is 16.7 Å². The maximum absolute atomic E-state index is 5.44. The Hall–Kier alpha value is -0.770. The van der Waals surface area contributed by atoms with Gasteiger partial charge in [0.25, 0.3) is 0 Å². The van der Waals surface area contributed by atoms with Crippen LogP contribution in [0.25, 0.3) is 0 Å². The van der Waals surface area contributed by atoms with Crippen molar-refractivity contribution >= 4 is 17.6 Å². The number of nitrogens with one attached hydrogen (secondary N) is 1. The lowest BCUT2D eigenvalue weighted by Gasteiger charge is -1.86. The molecule has 0 aliphatic rings. The van der Waals surface area contributed by atoms with Crippen LogP contribution in [0.2, 0.25) is 0 Å². The van der Waals surface area contributed by atoms with Crippen LogP contribution in [-0.2, 0) is 6.42 Å². The van der Waals surface area contributed by atoms with Gasteiger partial charge < -0.3 is 9.73 Å². The Bertz CT molecular complexity index is 201. The molecule has 5 heteroatoms. The van der Waals surface area contributed by atoms with Crippen LogP contribution >= 0.6 is 11.6 Å². The summed E-state index contributed by atoms with van der Waals surface area (Å²) in [7, 11) is 1.72. The second-order valence-electron chi connectivity index (χ2n) is 1.69. The van der Waals surface area contributed by atoms with Crippen LogP contribution < -0.4 is 5.32 Å². The normalized spacial score (nSPS) is 9.80. The van der Waals surface area contributed by atoms with Crippen molar-refractivity contribution in [1.82, 2.24) is 10.2 Å². The molecule has 1 rings (SSSR count). The first kappa shape index (κ1) is 7.34. The van der Waals surface area contributed by atoms with Crippen molar-refractivity contribution in [3.8, 4) is 0 Å². The summed E-state index contributed by atoms with van der Waals surface area (Å²) in [5, 5.41) is 10.1. The number of hydrogen-bond acceptors (Lipinski definition) is 4. The topological polar surface area (TPSA) is 51.0 Å². The van der Waals surface area contributed by atoms with Gasteiger partial charge in [-0.05, 0) is 0 Å². The summed E-state index contributed by atoms with van der Waals surface area (Å²) in [5.41, 5.74) is 0. The number of halogens is 1. The van der Waals surface area contributed by atoms with Gasteiger partial charge in [-0.3, -0.25) is 0 Å². The standard InChI is InChI=1S/C5H8ClN3O/c1-7-5-9-8-4(10-5)2-3-6/h2-3H2,1H3,(H,7,9). The second-order valence-corrected chi connectivity index (χ2v) is 2.07. The molecule has 1 aromatic rings. The minimum atomic E-state index is 0.431. The molecule has 1 heterocycles. The first-order valence-corrected chi connectivity index (χ1v) is 3.46. The van der Waals surface area contributed by atoms with E-state index in [-0.39, 0.29) is 0 Å². The van der Waals surface area contributed by atoms with Crippen LogP contribution in [0.5, 0.6) is 0 Å². The van der Waals surface area contributed by atoms with Crippen molar-refractivity contribution in [2.24, 2.45) is 0 Å². The molecule has 0 saturated heterocycles. The molecule has 56 valence electrons. The second kappa shape index (κ2) is 3.41. The molecule has 0 unspecified atom stereocenters. The van der Waals surface area contributed by atoms with E-state index in [2.05, 4.69) is 15.5 Å². The van der Waals surface area contributed by atoms with E-state index in [1.807, 2.05) is 0 Å². The quantitative estimate of drug-likeness (QED) is 0.669. The monoisotopic (exact) mass is 161 g/mol. The Labute approximate surface area is 63.6 Å². The molecule has 0 atom stereocenters. The van der Waals surface area contributed by atoms with Gasteiger partial charge in [-0.2, -0.15) is 0 Å². The SMILES string of the molecule is CNc1nnc(CCCl)o1. The van der Waals surface area contributed by atoms with E-state index in [1.54, 1.807) is 7.05 Å². The minimum Gasteiger partial charge on any atom is -0.408 e. The molecule has 0 amide bonds. The van der Waals surface area contributed by atoms with Crippen LogP contribution in [0.4, 0.5) is 6.01 Å². The Morgan fingerprint density at radius 3 is 2.90 bits per heavy atom. The Morgan fingerprint density at radius 1 is 1.60 bits per heavy atom. The molecule has 1 aromatic heterocycles. The van der Waals surface area contributed by atoms with E-state index in [9.17, 15) is 0 Å². The number of alkyl halides is 1. The van der Waals surface area contributed by atoms with Crippen molar-refractivity contribution in [3.63, 3.8) is 0 Å². The van der Waals surface area contributed by atoms with Gasteiger partial charge >= 0.3 is 6.01 Å². The molecule has 0 aromatic carbocycles. The van der Waals surface area contributed by atoms with Crippen LogP contribution in [0.1, 0.15) is 5.89 Å². The maximum atomic E-state index is 5.44. The molecule has 10 heavy (non-hydrogen) atoms. The fraction of sp³-hybridized carbons (Fsp3) is 0.600. The number of aryl methyl sites for hydroxylation is 1. The Balaban J connectivity index is 2.59. The first-order chi connectivity index (χ1) is 4.86. The van der Waals surface area contributed by atoms with Gasteiger partial charge in [0.2, 0.25) is 5.89 Å².